The molecule has 1 aliphatic heterocycles. The predicted octanol–water partition coefficient (Wildman–Crippen LogP) is 5.82. The summed E-state index contributed by atoms with van der Waals surface area (Å²) in [6.07, 6.45) is 3.79. The molecule has 0 spiro atoms. The van der Waals surface area contributed by atoms with Gasteiger partial charge in [0.05, 0.1) is 42.0 Å². The van der Waals surface area contributed by atoms with Gasteiger partial charge >= 0.3 is 11.9 Å². The van der Waals surface area contributed by atoms with E-state index in [1.54, 1.807) is 34.8 Å². The maximum atomic E-state index is 13.3. The number of hydrogen-bond acceptors (Lipinski definition) is 7. The summed E-state index contributed by atoms with van der Waals surface area (Å²) in [6.45, 7) is 5.36. The zero-order chi connectivity index (χ0) is 34.4. The van der Waals surface area contributed by atoms with E-state index in [9.17, 15) is 24.3 Å². The van der Waals surface area contributed by atoms with E-state index in [4.69, 9.17) is 21.4 Å². The van der Waals surface area contributed by atoms with Crippen LogP contribution < -0.4 is 15.0 Å². The number of benzene rings is 3. The molecule has 1 aromatic heterocycles. The Morgan fingerprint density at radius 3 is 2.60 bits per heavy atom. The van der Waals surface area contributed by atoms with Crippen molar-refractivity contribution in [3.05, 3.63) is 94.3 Å². The molecule has 1 unspecified atom stereocenters. The van der Waals surface area contributed by atoms with Crippen molar-refractivity contribution < 1.29 is 34.1 Å². The molecule has 0 fully saturated rings. The highest BCUT2D eigenvalue weighted by Crippen LogP contribution is 2.42. The molecular weight excluding hydrogens is 656 g/mol. The van der Waals surface area contributed by atoms with Crippen LogP contribution in [-0.2, 0) is 20.9 Å². The molecule has 1 aliphatic rings. The van der Waals surface area contributed by atoms with Crippen LogP contribution in [-0.4, -0.2) is 68.7 Å². The maximum absolute atomic E-state index is 13.3. The number of thioether (sulfide) groups is 1. The van der Waals surface area contributed by atoms with Gasteiger partial charge in [-0.2, -0.15) is 5.10 Å². The number of carbonyl (C=O) groups is 4. The first-order valence-corrected chi connectivity index (χ1v) is 16.7. The van der Waals surface area contributed by atoms with Crippen LogP contribution >= 0.6 is 23.4 Å². The van der Waals surface area contributed by atoms with Crippen LogP contribution in [0.4, 0.5) is 5.69 Å². The van der Waals surface area contributed by atoms with E-state index in [1.165, 1.54) is 11.6 Å². The molecule has 0 saturated heterocycles. The van der Waals surface area contributed by atoms with E-state index < -0.39 is 30.3 Å². The van der Waals surface area contributed by atoms with Crippen molar-refractivity contribution in [2.24, 2.45) is 0 Å². The van der Waals surface area contributed by atoms with Gasteiger partial charge in [0.2, 0.25) is 5.91 Å². The number of nitrogens with one attached hydrogen (secondary N) is 1. The molecule has 13 heteroatoms. The molecule has 11 nitrogen and oxygen atoms in total. The summed E-state index contributed by atoms with van der Waals surface area (Å²) in [6, 6.07) is 15.0. The summed E-state index contributed by atoms with van der Waals surface area (Å²) in [4.78, 5) is 51.4. The van der Waals surface area contributed by atoms with E-state index >= 15 is 0 Å². The van der Waals surface area contributed by atoms with Gasteiger partial charge in [0.15, 0.2) is 0 Å². The first kappa shape index (κ1) is 34.5. The zero-order valence-corrected chi connectivity index (χ0v) is 28.0. The molecule has 0 radical (unpaired) electrons. The third-order valence-electron chi connectivity index (χ3n) is 8.08. The Balaban J connectivity index is 1.26. The monoisotopic (exact) mass is 690 g/mol. The second kappa shape index (κ2) is 15.4. The number of hydrogen-bond donors (Lipinski definition) is 3. The Bertz CT molecular complexity index is 1860. The van der Waals surface area contributed by atoms with Gasteiger partial charge in [0, 0.05) is 40.9 Å². The fourth-order valence-electron chi connectivity index (χ4n) is 5.41. The third kappa shape index (κ3) is 8.00. The molecular formula is C35H35ClN4O7S. The van der Waals surface area contributed by atoms with Crippen LogP contribution in [0.25, 0.3) is 11.1 Å². The van der Waals surface area contributed by atoms with Gasteiger partial charge in [-0.15, -0.1) is 11.8 Å². The molecule has 1 atom stereocenters. The van der Waals surface area contributed by atoms with Gasteiger partial charge in [-0.1, -0.05) is 48.0 Å². The number of carbonyl (C=O) groups excluding carboxylic acids is 2. The topological polar surface area (TPSA) is 151 Å². The number of aromatic nitrogens is 2. The lowest BCUT2D eigenvalue weighted by Crippen LogP contribution is -2.42. The summed E-state index contributed by atoms with van der Waals surface area (Å²) in [7, 11) is 0. The number of halogens is 1. The normalized spacial score (nSPS) is 13.0. The van der Waals surface area contributed by atoms with E-state index in [0.717, 1.165) is 38.8 Å². The first-order chi connectivity index (χ1) is 23.0. The largest absolute Gasteiger partial charge is 0.493 e. The predicted molar refractivity (Wildman–Crippen MR) is 183 cm³/mol. The van der Waals surface area contributed by atoms with Crippen LogP contribution in [0.2, 0.25) is 5.02 Å². The Labute approximate surface area is 286 Å². The minimum Gasteiger partial charge on any atom is -0.493 e. The van der Waals surface area contributed by atoms with Gasteiger partial charge in [0.1, 0.15) is 11.8 Å². The minimum absolute atomic E-state index is 0.0216. The van der Waals surface area contributed by atoms with Crippen molar-refractivity contribution >= 4 is 52.8 Å². The van der Waals surface area contributed by atoms with Crippen LogP contribution in [0.1, 0.15) is 46.3 Å². The zero-order valence-electron chi connectivity index (χ0n) is 26.4. The van der Waals surface area contributed by atoms with Gasteiger partial charge < -0.3 is 25.2 Å². The van der Waals surface area contributed by atoms with Crippen molar-refractivity contribution in [2.45, 2.75) is 50.6 Å². The van der Waals surface area contributed by atoms with Crippen LogP contribution in [0.5, 0.6) is 5.75 Å². The number of amides is 2. The molecule has 4 aromatic rings. The quantitative estimate of drug-likeness (QED) is 0.147. The van der Waals surface area contributed by atoms with E-state index in [2.05, 4.69) is 10.4 Å². The second-order valence-electron chi connectivity index (χ2n) is 11.4. The highest BCUT2D eigenvalue weighted by molar-refractivity contribution is 7.99. The molecule has 250 valence electrons. The van der Waals surface area contributed by atoms with Crippen molar-refractivity contribution in [1.82, 2.24) is 15.1 Å². The molecule has 3 aromatic carbocycles. The van der Waals surface area contributed by atoms with Crippen molar-refractivity contribution in [2.75, 3.05) is 23.8 Å². The van der Waals surface area contributed by atoms with Crippen molar-refractivity contribution in [3.8, 4) is 16.9 Å². The highest BCUT2D eigenvalue weighted by atomic mass is 35.5. The van der Waals surface area contributed by atoms with Crippen LogP contribution in [0, 0.1) is 13.8 Å². The number of carboxylic acid groups (broad SMARTS) is 2. The Hall–Kier alpha value is -4.81. The van der Waals surface area contributed by atoms with Crippen molar-refractivity contribution in [1.29, 1.82) is 0 Å². The lowest BCUT2D eigenvalue weighted by atomic mass is 10.1. The number of fused-ring (bicyclic) bond motifs is 1. The highest BCUT2D eigenvalue weighted by Gasteiger charge is 2.27. The number of carboxylic acids is 2. The van der Waals surface area contributed by atoms with E-state index in [-0.39, 0.29) is 23.0 Å². The molecule has 48 heavy (non-hydrogen) atoms. The fraction of sp³-hybridized carbons (Fsp3) is 0.286. The van der Waals surface area contributed by atoms with E-state index in [0.29, 0.717) is 31.6 Å². The molecule has 0 saturated carbocycles. The second-order valence-corrected chi connectivity index (χ2v) is 12.8. The Kier molecular flexibility index (Phi) is 11.1. The van der Waals surface area contributed by atoms with Gasteiger partial charge in [0.25, 0.3) is 5.91 Å². The summed E-state index contributed by atoms with van der Waals surface area (Å²) in [5.41, 5.74) is 5.50. The van der Waals surface area contributed by atoms with E-state index in [1.807, 2.05) is 61.3 Å². The molecule has 2 amide bonds. The molecule has 0 bridgehead atoms. The molecule has 0 aliphatic carbocycles. The third-order valence-corrected chi connectivity index (χ3v) is 9.63. The fourth-order valence-corrected chi connectivity index (χ4v) is 6.82. The van der Waals surface area contributed by atoms with Crippen molar-refractivity contribution in [3.63, 3.8) is 0 Å². The lowest BCUT2D eigenvalue weighted by Gasteiger charge is -2.30. The lowest BCUT2D eigenvalue weighted by molar-refractivity contribution is -0.145. The minimum atomic E-state index is -1.60. The SMILES string of the molecule is Cc1cccc(OCCCC(=O)N2CCSc3c(-c4cnn(Cc5cccc(C(=O)NC(CC(=O)O)C(=O)O)c5Cl)c4)cccc32)c1C. The Morgan fingerprint density at radius 1 is 1.06 bits per heavy atom. The smallest absolute Gasteiger partial charge is 0.326 e. The average Bonchev–Trinajstić information content (AvgIpc) is 3.52. The average molecular weight is 691 g/mol. The summed E-state index contributed by atoms with van der Waals surface area (Å²) in [5, 5.41) is 25.1. The summed E-state index contributed by atoms with van der Waals surface area (Å²) < 4.78 is 7.63. The van der Waals surface area contributed by atoms with Gasteiger partial charge in [-0.25, -0.2) is 4.79 Å². The summed E-state index contributed by atoms with van der Waals surface area (Å²) >= 11 is 8.25. The van der Waals surface area contributed by atoms with Gasteiger partial charge in [-0.05, 0) is 55.2 Å². The number of ether oxygens (including phenoxy) is 1. The van der Waals surface area contributed by atoms with Crippen LogP contribution in [0.3, 0.4) is 0 Å². The molecule has 3 N–H and O–H groups in total. The Morgan fingerprint density at radius 2 is 1.83 bits per heavy atom. The maximum Gasteiger partial charge on any atom is 0.326 e. The number of nitrogens with zero attached hydrogens (tertiary/aromatic N) is 3. The number of anilines is 1. The summed E-state index contributed by atoms with van der Waals surface area (Å²) in [5.74, 6) is -1.97. The standard InChI is InChI=1S/C35H35ClN4O7S/c1-21-7-3-12-29(22(21)2)47-15-6-13-30(41)40-14-16-48-33-25(9-5-11-28(33)40)24-18-37-39(20-24)19-23-8-4-10-26(32(23)36)34(44)38-27(35(45)46)17-31(42)43/h3-5,7-12,18,20,27H,6,13-17,19H2,1-2H3,(H,38,44)(H,42,43)(H,45,46). The molecule has 2 heterocycles. The number of aliphatic carboxylic acids is 2. The van der Waals surface area contributed by atoms with Gasteiger partial charge in [-0.3, -0.25) is 19.1 Å². The number of aryl methyl sites for hydroxylation is 1. The number of rotatable bonds is 13. The first-order valence-electron chi connectivity index (χ1n) is 15.3. The van der Waals surface area contributed by atoms with Crippen LogP contribution in [0.15, 0.2) is 71.9 Å². The molecule has 5 rings (SSSR count).